The van der Waals surface area contributed by atoms with Crippen LogP contribution in [0.25, 0.3) is 0 Å². The van der Waals surface area contributed by atoms with E-state index in [0.29, 0.717) is 50.6 Å². The molecular formula is C22H28FN5O3. The summed E-state index contributed by atoms with van der Waals surface area (Å²) in [5, 5.41) is 5.75. The molecule has 0 radical (unpaired) electrons. The van der Waals surface area contributed by atoms with E-state index >= 15 is 0 Å². The van der Waals surface area contributed by atoms with Gasteiger partial charge in [-0.2, -0.15) is 0 Å². The Morgan fingerprint density at radius 1 is 1.26 bits per heavy atom. The molecule has 4 rings (SSSR count). The van der Waals surface area contributed by atoms with Crippen molar-refractivity contribution in [3.05, 3.63) is 48.3 Å². The number of carbonyl (C=O) groups excluding carboxylic acids is 2. The molecule has 3 amide bonds. The zero-order valence-corrected chi connectivity index (χ0v) is 17.8. The number of amides is 3. The van der Waals surface area contributed by atoms with Crippen LogP contribution in [0.4, 0.5) is 14.9 Å². The summed E-state index contributed by atoms with van der Waals surface area (Å²) in [6.07, 6.45) is 4.07. The van der Waals surface area contributed by atoms with Crippen molar-refractivity contribution in [2.75, 3.05) is 25.0 Å². The van der Waals surface area contributed by atoms with Crippen LogP contribution in [0.5, 0.6) is 0 Å². The van der Waals surface area contributed by atoms with E-state index in [-0.39, 0.29) is 17.8 Å². The summed E-state index contributed by atoms with van der Waals surface area (Å²) < 4.78 is 21.4. The summed E-state index contributed by atoms with van der Waals surface area (Å²) >= 11 is 0. The Kier molecular flexibility index (Phi) is 5.95. The number of imidazole rings is 1. The molecule has 1 unspecified atom stereocenters. The normalized spacial score (nSPS) is 19.9. The fourth-order valence-electron chi connectivity index (χ4n) is 4.10. The number of anilines is 1. The van der Waals surface area contributed by atoms with Crippen molar-refractivity contribution < 1.29 is 18.7 Å². The number of carbonyl (C=O) groups is 2. The first-order valence-electron chi connectivity index (χ1n) is 10.6. The molecule has 166 valence electrons. The molecule has 2 aliphatic rings. The molecule has 1 aromatic carbocycles. The lowest BCUT2D eigenvalue weighted by Crippen LogP contribution is -2.55. The molecule has 1 spiro atoms. The molecule has 1 saturated heterocycles. The van der Waals surface area contributed by atoms with Crippen molar-refractivity contribution in [1.29, 1.82) is 0 Å². The van der Waals surface area contributed by atoms with Gasteiger partial charge in [0.2, 0.25) is 0 Å². The number of aromatic nitrogens is 2. The number of fused-ring (bicyclic) bond motifs is 2. The van der Waals surface area contributed by atoms with Gasteiger partial charge in [0.1, 0.15) is 17.2 Å². The Bertz CT molecular complexity index is 935. The number of hydrogen-bond acceptors (Lipinski definition) is 4. The minimum atomic E-state index is -0.700. The van der Waals surface area contributed by atoms with Gasteiger partial charge in [0.25, 0.3) is 5.91 Å². The zero-order chi connectivity index (χ0) is 22.0. The van der Waals surface area contributed by atoms with Crippen LogP contribution in [-0.4, -0.2) is 52.1 Å². The standard InChI is InChI=1S/C22H28FN5O3/c1-15(2)13-25-19(29)18-14-28-12-9-24-20(28)22(31-18)7-10-27(11-8-22)21(30)26-17-5-3-16(23)4-6-17/h3-6,9,12,15,18H,7-8,10-11,13-14H2,1-2H3,(H,25,29)(H,26,30). The van der Waals surface area contributed by atoms with E-state index in [4.69, 9.17) is 4.74 Å². The van der Waals surface area contributed by atoms with Gasteiger partial charge in [-0.15, -0.1) is 0 Å². The molecule has 9 heteroatoms. The number of benzene rings is 1. The second-order valence-corrected chi connectivity index (χ2v) is 8.57. The Morgan fingerprint density at radius 3 is 2.65 bits per heavy atom. The molecule has 1 fully saturated rings. The molecule has 2 aliphatic heterocycles. The van der Waals surface area contributed by atoms with Crippen molar-refractivity contribution in [3.63, 3.8) is 0 Å². The smallest absolute Gasteiger partial charge is 0.321 e. The maximum atomic E-state index is 13.1. The highest BCUT2D eigenvalue weighted by atomic mass is 19.1. The minimum Gasteiger partial charge on any atom is -0.354 e. The van der Waals surface area contributed by atoms with Crippen LogP contribution in [0.1, 0.15) is 32.5 Å². The summed E-state index contributed by atoms with van der Waals surface area (Å²) in [5.74, 6) is 0.686. The second kappa shape index (κ2) is 8.66. The molecule has 2 N–H and O–H groups in total. The fourth-order valence-corrected chi connectivity index (χ4v) is 4.10. The molecule has 1 aromatic heterocycles. The van der Waals surface area contributed by atoms with Gasteiger partial charge in [-0.3, -0.25) is 4.79 Å². The number of nitrogens with one attached hydrogen (secondary N) is 2. The van der Waals surface area contributed by atoms with Crippen LogP contribution < -0.4 is 10.6 Å². The van der Waals surface area contributed by atoms with Gasteiger partial charge in [0.05, 0.1) is 6.54 Å². The maximum absolute atomic E-state index is 13.1. The van der Waals surface area contributed by atoms with Crippen molar-refractivity contribution in [2.45, 2.75) is 44.9 Å². The number of urea groups is 1. The van der Waals surface area contributed by atoms with Gasteiger partial charge in [0.15, 0.2) is 6.10 Å². The van der Waals surface area contributed by atoms with E-state index in [0.717, 1.165) is 5.82 Å². The zero-order valence-electron chi connectivity index (χ0n) is 17.8. The summed E-state index contributed by atoms with van der Waals surface area (Å²) in [7, 11) is 0. The Morgan fingerprint density at radius 2 is 1.97 bits per heavy atom. The number of nitrogens with zero attached hydrogens (tertiary/aromatic N) is 3. The third-order valence-corrected chi connectivity index (χ3v) is 5.78. The van der Waals surface area contributed by atoms with Crippen LogP contribution in [0, 0.1) is 11.7 Å². The average Bonchev–Trinajstić information content (AvgIpc) is 3.24. The van der Waals surface area contributed by atoms with Gasteiger partial charge in [-0.25, -0.2) is 14.2 Å². The first-order valence-corrected chi connectivity index (χ1v) is 10.6. The van der Waals surface area contributed by atoms with E-state index in [2.05, 4.69) is 15.6 Å². The van der Waals surface area contributed by atoms with Gasteiger partial charge in [0, 0.05) is 50.6 Å². The number of hydrogen-bond donors (Lipinski definition) is 2. The minimum absolute atomic E-state index is 0.121. The van der Waals surface area contributed by atoms with Crippen molar-refractivity contribution in [3.8, 4) is 0 Å². The highest BCUT2D eigenvalue weighted by molar-refractivity contribution is 5.89. The van der Waals surface area contributed by atoms with Crippen LogP contribution >= 0.6 is 0 Å². The highest BCUT2D eigenvalue weighted by Gasteiger charge is 2.47. The van der Waals surface area contributed by atoms with E-state index in [1.807, 2.05) is 24.6 Å². The van der Waals surface area contributed by atoms with E-state index in [1.54, 1.807) is 11.1 Å². The second-order valence-electron chi connectivity index (χ2n) is 8.57. The predicted molar refractivity (Wildman–Crippen MR) is 113 cm³/mol. The SMILES string of the molecule is CC(C)CNC(=O)C1Cn2ccnc2C2(CCN(C(=O)Nc3ccc(F)cc3)CC2)O1. The molecule has 3 heterocycles. The quantitative estimate of drug-likeness (QED) is 0.782. The van der Waals surface area contributed by atoms with Gasteiger partial charge >= 0.3 is 6.03 Å². The van der Waals surface area contributed by atoms with Gasteiger partial charge < -0.3 is 24.8 Å². The fraction of sp³-hybridized carbons (Fsp3) is 0.500. The topological polar surface area (TPSA) is 88.5 Å². The van der Waals surface area contributed by atoms with Crippen molar-refractivity contribution >= 4 is 17.6 Å². The lowest BCUT2D eigenvalue weighted by Gasteiger charge is -2.45. The Labute approximate surface area is 180 Å². The highest BCUT2D eigenvalue weighted by Crippen LogP contribution is 2.40. The number of piperidine rings is 1. The molecule has 31 heavy (non-hydrogen) atoms. The predicted octanol–water partition coefficient (Wildman–Crippen LogP) is 2.72. The number of likely N-dealkylation sites (tertiary alicyclic amines) is 1. The lowest BCUT2D eigenvalue weighted by atomic mass is 9.88. The summed E-state index contributed by atoms with van der Waals surface area (Å²) in [5.41, 5.74) is -0.160. The van der Waals surface area contributed by atoms with Crippen LogP contribution in [-0.2, 0) is 21.7 Å². The van der Waals surface area contributed by atoms with Crippen LogP contribution in [0.3, 0.4) is 0 Å². The van der Waals surface area contributed by atoms with Crippen LogP contribution in [0.2, 0.25) is 0 Å². The van der Waals surface area contributed by atoms with Gasteiger partial charge in [-0.1, -0.05) is 13.8 Å². The van der Waals surface area contributed by atoms with Crippen LogP contribution in [0.15, 0.2) is 36.7 Å². The number of halogens is 1. The van der Waals surface area contributed by atoms with E-state index < -0.39 is 11.7 Å². The summed E-state index contributed by atoms with van der Waals surface area (Å²) in [6.45, 7) is 6.03. The lowest BCUT2D eigenvalue weighted by molar-refractivity contribution is -0.171. The summed E-state index contributed by atoms with van der Waals surface area (Å²) in [6, 6.07) is 5.43. The maximum Gasteiger partial charge on any atom is 0.321 e. The van der Waals surface area contributed by atoms with E-state index in [1.165, 1.54) is 24.3 Å². The Balaban J connectivity index is 1.43. The molecule has 8 nitrogen and oxygen atoms in total. The van der Waals surface area contributed by atoms with Gasteiger partial charge in [-0.05, 0) is 30.2 Å². The molecule has 0 aliphatic carbocycles. The largest absolute Gasteiger partial charge is 0.354 e. The monoisotopic (exact) mass is 429 g/mol. The van der Waals surface area contributed by atoms with Crippen molar-refractivity contribution in [2.24, 2.45) is 5.92 Å². The Hall–Kier alpha value is -2.94. The molecule has 0 saturated carbocycles. The average molecular weight is 429 g/mol. The van der Waals surface area contributed by atoms with E-state index in [9.17, 15) is 14.0 Å². The first kappa shape index (κ1) is 21.3. The number of ether oxygens (including phenoxy) is 1. The third-order valence-electron chi connectivity index (χ3n) is 5.78. The third kappa shape index (κ3) is 4.56. The molecule has 1 atom stereocenters. The molecule has 0 bridgehead atoms. The number of rotatable bonds is 4. The molecular weight excluding hydrogens is 401 g/mol. The first-order chi connectivity index (χ1) is 14.9. The summed E-state index contributed by atoms with van der Waals surface area (Å²) in [4.78, 5) is 31.5. The molecule has 2 aromatic rings. The van der Waals surface area contributed by atoms with Crippen molar-refractivity contribution in [1.82, 2.24) is 19.8 Å².